The lowest BCUT2D eigenvalue weighted by Crippen LogP contribution is -2.44. The van der Waals surface area contributed by atoms with Crippen molar-refractivity contribution in [1.82, 2.24) is 4.72 Å². The fourth-order valence-electron chi connectivity index (χ4n) is 1.63. The van der Waals surface area contributed by atoms with Crippen molar-refractivity contribution in [3.8, 4) is 0 Å². The molecule has 7 heteroatoms. The Morgan fingerprint density at radius 1 is 1.44 bits per heavy atom. The summed E-state index contributed by atoms with van der Waals surface area (Å²) in [4.78, 5) is 1.04. The third-order valence-electron chi connectivity index (χ3n) is 2.36. The third-order valence-corrected chi connectivity index (χ3v) is 3.81. The molecule has 0 spiro atoms. The zero-order chi connectivity index (χ0) is 11.8. The van der Waals surface area contributed by atoms with Crippen LogP contribution in [0.3, 0.4) is 0 Å². The predicted molar refractivity (Wildman–Crippen MR) is 54.9 cm³/mol. The van der Waals surface area contributed by atoms with Crippen LogP contribution in [0.4, 0.5) is 14.5 Å². The van der Waals surface area contributed by atoms with Gasteiger partial charge in [-0.1, -0.05) is 6.07 Å². The quantitative estimate of drug-likeness (QED) is 0.844. The van der Waals surface area contributed by atoms with Crippen LogP contribution in [0.15, 0.2) is 23.1 Å². The van der Waals surface area contributed by atoms with E-state index in [2.05, 4.69) is 4.72 Å². The lowest BCUT2D eigenvalue weighted by atomic mass is 10.3. The minimum absolute atomic E-state index is 0.0268. The van der Waals surface area contributed by atoms with Gasteiger partial charge in [0.25, 0.3) is 0 Å². The van der Waals surface area contributed by atoms with Crippen molar-refractivity contribution in [3.63, 3.8) is 0 Å². The number of nitrogens with zero attached hydrogens (tertiary/aromatic N) is 1. The number of halogens is 2. The van der Waals surface area contributed by atoms with Crippen molar-refractivity contribution in [2.75, 3.05) is 24.8 Å². The molecular weight excluding hydrogens is 238 g/mol. The zero-order valence-electron chi connectivity index (χ0n) is 8.28. The van der Waals surface area contributed by atoms with E-state index < -0.39 is 27.4 Å². The predicted octanol–water partition coefficient (Wildman–Crippen LogP) is 0.851. The zero-order valence-corrected chi connectivity index (χ0v) is 9.10. The molecule has 0 aromatic heterocycles. The van der Waals surface area contributed by atoms with Gasteiger partial charge in [-0.15, -0.1) is 0 Å². The first-order chi connectivity index (χ1) is 7.56. The molecule has 1 N–H and O–H groups in total. The van der Waals surface area contributed by atoms with Crippen molar-refractivity contribution in [2.24, 2.45) is 0 Å². The Bertz CT molecular complexity index is 504. The normalized spacial score (nSPS) is 18.2. The highest BCUT2D eigenvalue weighted by molar-refractivity contribution is 7.89. The van der Waals surface area contributed by atoms with Crippen molar-refractivity contribution >= 4 is 15.7 Å². The Labute approximate surface area is 91.9 Å². The molecule has 88 valence electrons. The summed E-state index contributed by atoms with van der Waals surface area (Å²) >= 11 is 0. The highest BCUT2D eigenvalue weighted by atomic mass is 32.2. The van der Waals surface area contributed by atoms with Crippen molar-refractivity contribution in [2.45, 2.75) is 4.90 Å². The van der Waals surface area contributed by atoms with E-state index in [1.165, 1.54) is 17.0 Å². The maximum Gasteiger partial charge on any atom is 0.247 e. The molecule has 0 bridgehead atoms. The van der Waals surface area contributed by atoms with Crippen LogP contribution in [0.1, 0.15) is 0 Å². The third kappa shape index (κ3) is 1.76. The van der Waals surface area contributed by atoms with E-state index in [1.54, 1.807) is 0 Å². The van der Waals surface area contributed by atoms with E-state index >= 15 is 0 Å². The van der Waals surface area contributed by atoms with Crippen LogP contribution in [0, 0.1) is 5.82 Å². The molecule has 1 aliphatic heterocycles. The molecule has 1 aromatic carbocycles. The number of alkyl halides is 1. The largest absolute Gasteiger partial charge is 0.354 e. The second-order valence-corrected chi connectivity index (χ2v) is 5.05. The van der Waals surface area contributed by atoms with E-state index in [4.69, 9.17) is 0 Å². The average molecular weight is 248 g/mol. The van der Waals surface area contributed by atoms with Crippen molar-refractivity contribution in [3.05, 3.63) is 24.0 Å². The van der Waals surface area contributed by atoms with Gasteiger partial charge in [0, 0.05) is 6.54 Å². The molecule has 0 fully saturated rings. The monoisotopic (exact) mass is 248 g/mol. The van der Waals surface area contributed by atoms with E-state index in [0.29, 0.717) is 0 Å². The Morgan fingerprint density at radius 2 is 2.19 bits per heavy atom. The van der Waals surface area contributed by atoms with Gasteiger partial charge >= 0.3 is 0 Å². The van der Waals surface area contributed by atoms with Gasteiger partial charge < -0.3 is 4.90 Å². The van der Waals surface area contributed by atoms with Gasteiger partial charge in [0.1, 0.15) is 17.4 Å². The van der Waals surface area contributed by atoms with Crippen LogP contribution in [0.25, 0.3) is 0 Å². The minimum atomic E-state index is -3.81. The highest BCUT2D eigenvalue weighted by Crippen LogP contribution is 2.30. The van der Waals surface area contributed by atoms with E-state index in [1.807, 2.05) is 0 Å². The fourth-order valence-corrected chi connectivity index (χ4v) is 2.90. The van der Waals surface area contributed by atoms with Gasteiger partial charge in [-0.05, 0) is 12.1 Å². The molecule has 0 unspecified atom stereocenters. The number of nitrogens with one attached hydrogen (secondary N) is 1. The standard InChI is InChI=1S/C9H10F2N2O2S/c10-4-5-13-6-12-16(14,15)9-7(11)2-1-3-8(9)13/h1-3,12H,4-6H2. The molecule has 0 saturated heterocycles. The van der Waals surface area contributed by atoms with Crippen LogP contribution in [0.5, 0.6) is 0 Å². The number of hydrogen-bond acceptors (Lipinski definition) is 3. The molecule has 1 heterocycles. The van der Waals surface area contributed by atoms with E-state index in [0.717, 1.165) is 6.07 Å². The second kappa shape index (κ2) is 3.99. The molecule has 0 saturated carbocycles. The molecule has 0 amide bonds. The second-order valence-electron chi connectivity index (χ2n) is 3.35. The molecule has 0 aliphatic carbocycles. The molecule has 1 aliphatic rings. The first kappa shape index (κ1) is 11.3. The summed E-state index contributed by atoms with van der Waals surface area (Å²) < 4.78 is 51.0. The number of sulfonamides is 1. The number of fused-ring (bicyclic) bond motifs is 1. The molecule has 4 nitrogen and oxygen atoms in total. The van der Waals surface area contributed by atoms with E-state index in [-0.39, 0.29) is 18.9 Å². The first-order valence-electron chi connectivity index (χ1n) is 4.65. The SMILES string of the molecule is O=S1(=O)NCN(CCF)c2cccc(F)c21. The van der Waals surface area contributed by atoms with Gasteiger partial charge in [0.15, 0.2) is 0 Å². The summed E-state index contributed by atoms with van der Waals surface area (Å²) in [6, 6.07) is 3.93. The minimum Gasteiger partial charge on any atom is -0.354 e. The fraction of sp³-hybridized carbons (Fsp3) is 0.333. The summed E-state index contributed by atoms with van der Waals surface area (Å²) in [5.74, 6) is -0.825. The molecule has 1 aromatic rings. The van der Waals surface area contributed by atoms with Crippen molar-refractivity contribution in [1.29, 1.82) is 0 Å². The summed E-state index contributed by atoms with van der Waals surface area (Å²) in [5, 5.41) is 0. The van der Waals surface area contributed by atoms with Crippen LogP contribution >= 0.6 is 0 Å². The Hall–Kier alpha value is -1.21. The molecule has 0 atom stereocenters. The first-order valence-corrected chi connectivity index (χ1v) is 6.13. The Balaban J connectivity index is 2.58. The van der Waals surface area contributed by atoms with Crippen LogP contribution < -0.4 is 9.62 Å². The maximum absolute atomic E-state index is 13.4. The van der Waals surface area contributed by atoms with Gasteiger partial charge in [0.2, 0.25) is 10.0 Å². The number of rotatable bonds is 2. The van der Waals surface area contributed by atoms with Crippen LogP contribution in [-0.4, -0.2) is 28.3 Å². The van der Waals surface area contributed by atoms with E-state index in [9.17, 15) is 17.2 Å². The van der Waals surface area contributed by atoms with Crippen molar-refractivity contribution < 1.29 is 17.2 Å². The molecule has 2 rings (SSSR count). The van der Waals surface area contributed by atoms with Gasteiger partial charge in [-0.25, -0.2) is 17.2 Å². The smallest absolute Gasteiger partial charge is 0.247 e. The topological polar surface area (TPSA) is 49.4 Å². The van der Waals surface area contributed by atoms with Crippen LogP contribution in [0.2, 0.25) is 0 Å². The Kier molecular flexibility index (Phi) is 2.81. The van der Waals surface area contributed by atoms with Crippen LogP contribution in [-0.2, 0) is 10.0 Å². The van der Waals surface area contributed by atoms with Gasteiger partial charge in [-0.3, -0.25) is 0 Å². The average Bonchev–Trinajstić information content (AvgIpc) is 2.22. The van der Waals surface area contributed by atoms with Gasteiger partial charge in [-0.2, -0.15) is 4.72 Å². The molecule has 16 heavy (non-hydrogen) atoms. The summed E-state index contributed by atoms with van der Waals surface area (Å²) in [7, 11) is -3.81. The summed E-state index contributed by atoms with van der Waals surface area (Å²) in [5.41, 5.74) is 0.205. The summed E-state index contributed by atoms with van der Waals surface area (Å²) in [6.45, 7) is -0.640. The summed E-state index contributed by atoms with van der Waals surface area (Å²) in [6.07, 6.45) is 0. The Morgan fingerprint density at radius 3 is 2.88 bits per heavy atom. The lowest BCUT2D eigenvalue weighted by Gasteiger charge is -2.30. The molecule has 0 radical (unpaired) electrons. The number of benzene rings is 1. The number of hydrogen-bond donors (Lipinski definition) is 1. The highest BCUT2D eigenvalue weighted by Gasteiger charge is 2.30. The van der Waals surface area contributed by atoms with Gasteiger partial charge in [0.05, 0.1) is 12.4 Å². The lowest BCUT2D eigenvalue weighted by molar-refractivity contribution is 0.480. The number of anilines is 1. The molecular formula is C9H10F2N2O2S. The maximum atomic E-state index is 13.4.